The molecule has 1 aliphatic rings. The second-order valence-corrected chi connectivity index (χ2v) is 6.42. The van der Waals surface area contributed by atoms with Crippen molar-refractivity contribution in [2.75, 3.05) is 18.0 Å². The van der Waals surface area contributed by atoms with E-state index in [0.29, 0.717) is 17.9 Å². The highest BCUT2D eigenvalue weighted by Gasteiger charge is 2.29. The molecule has 2 atom stereocenters. The van der Waals surface area contributed by atoms with Crippen LogP contribution in [0.3, 0.4) is 0 Å². The fraction of sp³-hybridized carbons (Fsp3) is 0.471. The van der Waals surface area contributed by atoms with E-state index in [-0.39, 0.29) is 16.5 Å². The van der Waals surface area contributed by atoms with E-state index in [1.165, 1.54) is 0 Å². The lowest BCUT2D eigenvalue weighted by atomic mass is 9.91. The molecule has 2 heterocycles. The van der Waals surface area contributed by atoms with Crippen molar-refractivity contribution in [3.8, 4) is 0 Å². The molecule has 1 saturated heterocycles. The Balaban J connectivity index is 1.77. The Labute approximate surface area is 140 Å². The fourth-order valence-corrected chi connectivity index (χ4v) is 3.42. The molecule has 0 aliphatic carbocycles. The Hall–Kier alpha value is -2.41. The van der Waals surface area contributed by atoms with Gasteiger partial charge in [-0.15, -0.1) is 0 Å². The standard InChI is InChI=1S/C17H22N4O3/c1-12-10-14(5-6-15(12)21(23)24)20-8-3-4-13(11-20)16(22)17-18-7-9-19(17)2/h5-7,9-10,13,16,22H,3-4,8,11H2,1-2H3. The van der Waals surface area contributed by atoms with E-state index in [4.69, 9.17) is 0 Å². The summed E-state index contributed by atoms with van der Waals surface area (Å²) in [5.74, 6) is 0.775. The van der Waals surface area contributed by atoms with E-state index in [9.17, 15) is 15.2 Å². The number of piperidine rings is 1. The molecule has 0 spiro atoms. The van der Waals surface area contributed by atoms with Gasteiger partial charge in [-0.1, -0.05) is 0 Å². The Morgan fingerprint density at radius 1 is 1.46 bits per heavy atom. The van der Waals surface area contributed by atoms with E-state index in [0.717, 1.165) is 25.1 Å². The van der Waals surface area contributed by atoms with Gasteiger partial charge in [0.2, 0.25) is 0 Å². The van der Waals surface area contributed by atoms with E-state index < -0.39 is 6.10 Å². The van der Waals surface area contributed by atoms with Gasteiger partial charge in [0.1, 0.15) is 11.9 Å². The smallest absolute Gasteiger partial charge is 0.272 e. The van der Waals surface area contributed by atoms with E-state index in [1.54, 1.807) is 25.3 Å². The van der Waals surface area contributed by atoms with Crippen LogP contribution in [0.15, 0.2) is 30.6 Å². The minimum atomic E-state index is -0.605. The zero-order valence-corrected chi connectivity index (χ0v) is 13.9. The van der Waals surface area contributed by atoms with Crippen LogP contribution in [-0.4, -0.2) is 32.7 Å². The van der Waals surface area contributed by atoms with Crippen LogP contribution in [0.2, 0.25) is 0 Å². The van der Waals surface area contributed by atoms with Gasteiger partial charge < -0.3 is 14.6 Å². The number of nitro groups is 1. The summed E-state index contributed by atoms with van der Waals surface area (Å²) in [6.07, 6.45) is 4.84. The second kappa shape index (κ2) is 6.60. The highest BCUT2D eigenvalue weighted by atomic mass is 16.6. The molecule has 1 fully saturated rings. The van der Waals surface area contributed by atoms with Crippen LogP contribution in [0.4, 0.5) is 11.4 Å². The number of aliphatic hydroxyl groups excluding tert-OH is 1. The molecule has 0 saturated carbocycles. The molecule has 128 valence electrons. The number of hydrogen-bond acceptors (Lipinski definition) is 5. The summed E-state index contributed by atoms with van der Waals surface area (Å²) in [7, 11) is 1.88. The third-order valence-corrected chi connectivity index (χ3v) is 4.77. The first kappa shape index (κ1) is 16.4. The van der Waals surface area contributed by atoms with Crippen LogP contribution in [0.5, 0.6) is 0 Å². The van der Waals surface area contributed by atoms with Crippen LogP contribution in [0.1, 0.15) is 30.3 Å². The van der Waals surface area contributed by atoms with Gasteiger partial charge in [0.05, 0.1) is 4.92 Å². The Morgan fingerprint density at radius 3 is 2.88 bits per heavy atom. The minimum absolute atomic E-state index is 0.0929. The number of nitro benzene ring substituents is 1. The van der Waals surface area contributed by atoms with Crippen molar-refractivity contribution in [2.24, 2.45) is 13.0 Å². The Bertz CT molecular complexity index is 743. The first-order valence-electron chi connectivity index (χ1n) is 8.12. The molecule has 7 heteroatoms. The monoisotopic (exact) mass is 330 g/mol. The second-order valence-electron chi connectivity index (χ2n) is 6.42. The predicted octanol–water partition coefficient (Wildman–Crippen LogP) is 2.59. The Morgan fingerprint density at radius 2 is 2.25 bits per heavy atom. The van der Waals surface area contributed by atoms with Gasteiger partial charge in [-0.25, -0.2) is 4.98 Å². The molecule has 24 heavy (non-hydrogen) atoms. The number of hydrogen-bond donors (Lipinski definition) is 1. The van der Waals surface area contributed by atoms with Crippen molar-refractivity contribution in [2.45, 2.75) is 25.9 Å². The minimum Gasteiger partial charge on any atom is -0.385 e. The number of aromatic nitrogens is 2. The van der Waals surface area contributed by atoms with Gasteiger partial charge in [0.25, 0.3) is 5.69 Å². The molecule has 1 aromatic heterocycles. The average Bonchev–Trinajstić information content (AvgIpc) is 3.00. The summed E-state index contributed by atoms with van der Waals surface area (Å²) < 4.78 is 1.85. The van der Waals surface area contributed by atoms with E-state index >= 15 is 0 Å². The first-order chi connectivity index (χ1) is 11.5. The molecule has 0 radical (unpaired) electrons. The van der Waals surface area contributed by atoms with Crippen molar-refractivity contribution in [3.05, 3.63) is 52.1 Å². The zero-order valence-electron chi connectivity index (χ0n) is 13.9. The lowest BCUT2D eigenvalue weighted by Crippen LogP contribution is -2.38. The predicted molar refractivity (Wildman–Crippen MR) is 90.9 cm³/mol. The number of rotatable bonds is 4. The van der Waals surface area contributed by atoms with Crippen LogP contribution >= 0.6 is 0 Å². The summed E-state index contributed by atoms with van der Waals surface area (Å²) >= 11 is 0. The van der Waals surface area contributed by atoms with Crippen molar-refractivity contribution < 1.29 is 10.0 Å². The molecule has 2 aromatic rings. The normalized spacial score (nSPS) is 19.3. The summed E-state index contributed by atoms with van der Waals surface area (Å²) in [5.41, 5.74) is 1.76. The third kappa shape index (κ3) is 3.12. The average molecular weight is 330 g/mol. The van der Waals surface area contributed by atoms with Crippen LogP contribution < -0.4 is 4.90 Å². The number of anilines is 1. The highest BCUT2D eigenvalue weighted by molar-refractivity contribution is 5.55. The molecular weight excluding hydrogens is 308 g/mol. The van der Waals surface area contributed by atoms with Crippen LogP contribution in [-0.2, 0) is 7.05 Å². The number of nitrogens with zero attached hydrogens (tertiary/aromatic N) is 4. The summed E-state index contributed by atoms with van der Waals surface area (Å²) in [6.45, 7) is 3.36. The van der Waals surface area contributed by atoms with Gasteiger partial charge in [-0.05, 0) is 31.9 Å². The largest absolute Gasteiger partial charge is 0.385 e. The quantitative estimate of drug-likeness (QED) is 0.688. The molecule has 2 unspecified atom stereocenters. The van der Waals surface area contributed by atoms with E-state index in [1.807, 2.05) is 23.9 Å². The van der Waals surface area contributed by atoms with Gasteiger partial charge in [0, 0.05) is 55.8 Å². The lowest BCUT2D eigenvalue weighted by molar-refractivity contribution is -0.385. The zero-order chi connectivity index (χ0) is 17.3. The number of aryl methyl sites for hydroxylation is 2. The van der Waals surface area contributed by atoms with Crippen molar-refractivity contribution in [3.63, 3.8) is 0 Å². The summed E-state index contributed by atoms with van der Waals surface area (Å²) in [5, 5.41) is 21.6. The van der Waals surface area contributed by atoms with Gasteiger partial charge >= 0.3 is 0 Å². The maximum Gasteiger partial charge on any atom is 0.272 e. The molecule has 7 nitrogen and oxygen atoms in total. The molecule has 0 bridgehead atoms. The molecule has 1 aromatic carbocycles. The molecule has 0 amide bonds. The Kier molecular flexibility index (Phi) is 4.53. The fourth-order valence-electron chi connectivity index (χ4n) is 3.42. The molecule has 1 aliphatic heterocycles. The van der Waals surface area contributed by atoms with Crippen molar-refractivity contribution >= 4 is 11.4 Å². The number of benzene rings is 1. The summed E-state index contributed by atoms with van der Waals surface area (Å²) in [6, 6.07) is 5.21. The molecule has 3 rings (SSSR count). The third-order valence-electron chi connectivity index (χ3n) is 4.77. The van der Waals surface area contributed by atoms with Crippen molar-refractivity contribution in [1.29, 1.82) is 0 Å². The van der Waals surface area contributed by atoms with Gasteiger partial charge in [-0.3, -0.25) is 10.1 Å². The van der Waals surface area contributed by atoms with E-state index in [2.05, 4.69) is 9.88 Å². The lowest BCUT2D eigenvalue weighted by Gasteiger charge is -2.36. The molecule has 1 N–H and O–H groups in total. The van der Waals surface area contributed by atoms with Crippen LogP contribution in [0, 0.1) is 23.0 Å². The van der Waals surface area contributed by atoms with Crippen LogP contribution in [0.25, 0.3) is 0 Å². The number of aliphatic hydroxyl groups is 1. The van der Waals surface area contributed by atoms with Crippen molar-refractivity contribution in [1.82, 2.24) is 9.55 Å². The maximum absolute atomic E-state index is 11.0. The number of imidazole rings is 1. The van der Waals surface area contributed by atoms with Gasteiger partial charge in [-0.2, -0.15) is 0 Å². The maximum atomic E-state index is 11.0. The summed E-state index contributed by atoms with van der Waals surface area (Å²) in [4.78, 5) is 17.1. The van der Waals surface area contributed by atoms with Gasteiger partial charge in [0.15, 0.2) is 0 Å². The SMILES string of the molecule is Cc1cc(N2CCCC(C(O)c3nccn3C)C2)ccc1[N+](=O)[O-]. The topological polar surface area (TPSA) is 84.4 Å². The first-order valence-corrected chi connectivity index (χ1v) is 8.12. The highest BCUT2D eigenvalue weighted by Crippen LogP contribution is 2.32. The molecular formula is C17H22N4O3.